The summed E-state index contributed by atoms with van der Waals surface area (Å²) >= 11 is 3.90. The van der Waals surface area contributed by atoms with Gasteiger partial charge in [0.05, 0.1) is 11.4 Å². The zero-order valence-corrected chi connectivity index (χ0v) is 28.1. The van der Waals surface area contributed by atoms with Crippen LogP contribution >= 0.6 is 23.5 Å². The fraction of sp³-hybridized carbons (Fsp3) is 0.559. The molecule has 1 aromatic rings. The van der Waals surface area contributed by atoms with Crippen LogP contribution in [0.3, 0.4) is 0 Å². The first kappa shape index (κ1) is 31.7. The second-order valence-corrected chi connectivity index (χ2v) is 16.6. The molecule has 0 bridgehead atoms. The molecule has 3 nitrogen and oxygen atoms in total. The molecule has 0 radical (unpaired) electrons. The number of aromatic nitrogens is 1. The highest BCUT2D eigenvalue weighted by molar-refractivity contribution is 8.00. The van der Waals surface area contributed by atoms with E-state index in [-0.39, 0.29) is 0 Å². The van der Waals surface area contributed by atoms with Gasteiger partial charge in [-0.15, -0.1) is 23.5 Å². The molecule has 0 unspecified atom stereocenters. The van der Waals surface area contributed by atoms with Gasteiger partial charge in [-0.1, -0.05) is 47.6 Å². The molecule has 0 spiro atoms. The first-order valence-electron chi connectivity index (χ1n) is 14.1. The molecule has 2 aliphatic heterocycles. The summed E-state index contributed by atoms with van der Waals surface area (Å²) in [5.41, 5.74) is 15.8. The van der Waals surface area contributed by atoms with Crippen molar-refractivity contribution in [2.45, 2.75) is 123 Å². The topological polar surface area (TPSA) is 37.6 Å². The van der Waals surface area contributed by atoms with Gasteiger partial charge in [0, 0.05) is 63.1 Å². The van der Waals surface area contributed by atoms with Gasteiger partial charge in [0.25, 0.3) is 0 Å². The quantitative estimate of drug-likeness (QED) is 0.345. The third-order valence-corrected chi connectivity index (χ3v) is 10.0. The van der Waals surface area contributed by atoms with Crippen molar-refractivity contribution >= 4 is 34.9 Å². The van der Waals surface area contributed by atoms with Crippen molar-refractivity contribution in [2.75, 3.05) is 0 Å². The van der Waals surface area contributed by atoms with Crippen molar-refractivity contribution in [3.05, 3.63) is 74.4 Å². The number of pyridine rings is 1. The molecule has 1 aromatic heterocycles. The molecule has 4 rings (SSSR count). The molecule has 5 heteroatoms. The highest BCUT2D eigenvalue weighted by Crippen LogP contribution is 2.39. The Labute approximate surface area is 247 Å². The smallest absolute Gasteiger partial charge is 0.0506 e. The van der Waals surface area contributed by atoms with Crippen molar-refractivity contribution in [2.24, 2.45) is 9.98 Å². The Kier molecular flexibility index (Phi) is 10.4. The number of aliphatic imine (C=N–C) groups is 2. The summed E-state index contributed by atoms with van der Waals surface area (Å²) in [5, 5.41) is 0. The van der Waals surface area contributed by atoms with Crippen LogP contribution in [-0.2, 0) is 11.5 Å². The minimum absolute atomic E-state index is 0.303. The predicted molar refractivity (Wildman–Crippen MR) is 177 cm³/mol. The lowest BCUT2D eigenvalue weighted by molar-refractivity contribution is 0.800. The van der Waals surface area contributed by atoms with Gasteiger partial charge in [0.2, 0.25) is 0 Å². The standard InChI is InChI=1S/C19H24N2.C15H25NS2/c1-10-7-18(20-14(10)5)16-9-17(13(4)12(16)3)19-8-11(2)15(6)21-19;1-14(2,3)17-10-12-8-7-9-13(16-12)11-18-15(4,5)6/h7-9H2,1-6H3;7-9H,10-11H2,1-6H3. The summed E-state index contributed by atoms with van der Waals surface area (Å²) < 4.78 is 0.607. The molecular formula is C34H49N3S2. The molecule has 0 saturated heterocycles. The maximum atomic E-state index is 4.79. The molecule has 3 aliphatic rings. The van der Waals surface area contributed by atoms with E-state index in [1.165, 1.54) is 67.6 Å². The van der Waals surface area contributed by atoms with Gasteiger partial charge in [-0.25, -0.2) is 0 Å². The molecule has 1 aliphatic carbocycles. The first-order chi connectivity index (χ1) is 18.0. The van der Waals surface area contributed by atoms with Crippen LogP contribution in [0.1, 0.15) is 114 Å². The number of hydrogen-bond acceptors (Lipinski definition) is 5. The van der Waals surface area contributed by atoms with Gasteiger partial charge in [0.1, 0.15) is 0 Å². The normalized spacial score (nSPS) is 18.3. The van der Waals surface area contributed by atoms with Gasteiger partial charge >= 0.3 is 0 Å². The van der Waals surface area contributed by atoms with Gasteiger partial charge in [-0.05, 0) is 87.1 Å². The molecule has 0 amide bonds. The van der Waals surface area contributed by atoms with E-state index in [1.54, 1.807) is 0 Å². The van der Waals surface area contributed by atoms with E-state index in [0.29, 0.717) is 9.49 Å². The van der Waals surface area contributed by atoms with Crippen LogP contribution in [0.4, 0.5) is 0 Å². The zero-order chi connectivity index (χ0) is 29.1. The van der Waals surface area contributed by atoms with Crippen LogP contribution in [0.15, 0.2) is 73.0 Å². The van der Waals surface area contributed by atoms with Crippen LogP contribution in [0.5, 0.6) is 0 Å². The molecular weight excluding hydrogens is 515 g/mol. The van der Waals surface area contributed by atoms with Crippen molar-refractivity contribution in [1.29, 1.82) is 0 Å². The lowest BCUT2D eigenvalue weighted by Crippen LogP contribution is -2.09. The summed E-state index contributed by atoms with van der Waals surface area (Å²) in [6, 6.07) is 6.39. The van der Waals surface area contributed by atoms with E-state index in [9.17, 15) is 0 Å². The van der Waals surface area contributed by atoms with Gasteiger partial charge < -0.3 is 0 Å². The lowest BCUT2D eigenvalue weighted by Gasteiger charge is -2.18. The van der Waals surface area contributed by atoms with Gasteiger partial charge in [-0.2, -0.15) is 0 Å². The maximum Gasteiger partial charge on any atom is 0.0506 e. The number of thioether (sulfide) groups is 2. The summed E-state index contributed by atoms with van der Waals surface area (Å²) in [6.07, 6.45) is 3.04. The Morgan fingerprint density at radius 2 is 1.00 bits per heavy atom. The minimum Gasteiger partial charge on any atom is -0.258 e. The first-order valence-corrected chi connectivity index (χ1v) is 16.1. The van der Waals surface area contributed by atoms with Crippen molar-refractivity contribution in [3.63, 3.8) is 0 Å². The SMILES string of the molecule is CC(C)(C)SCc1cccc(CSC(C)(C)C)n1.CC1=C(C)N=C(C2=C(C)C(C)=C(C3=NC(C)=C(C)C3)C2)C1. The van der Waals surface area contributed by atoms with Crippen molar-refractivity contribution < 1.29 is 0 Å². The Morgan fingerprint density at radius 3 is 1.31 bits per heavy atom. The van der Waals surface area contributed by atoms with E-state index in [1.807, 2.05) is 23.5 Å². The summed E-state index contributed by atoms with van der Waals surface area (Å²) in [6.45, 7) is 26.6. The van der Waals surface area contributed by atoms with Crippen LogP contribution in [0.25, 0.3) is 0 Å². The molecule has 0 aromatic carbocycles. The van der Waals surface area contributed by atoms with Crippen LogP contribution in [0, 0.1) is 0 Å². The number of allylic oxidation sites excluding steroid dienone is 8. The van der Waals surface area contributed by atoms with Crippen molar-refractivity contribution in [1.82, 2.24) is 4.98 Å². The molecule has 39 heavy (non-hydrogen) atoms. The van der Waals surface area contributed by atoms with Crippen LogP contribution < -0.4 is 0 Å². The van der Waals surface area contributed by atoms with E-state index >= 15 is 0 Å². The Balaban J connectivity index is 0.000000219. The number of hydrogen-bond donors (Lipinski definition) is 0. The minimum atomic E-state index is 0.303. The van der Waals surface area contributed by atoms with Crippen LogP contribution in [0.2, 0.25) is 0 Å². The summed E-state index contributed by atoms with van der Waals surface area (Å²) in [4.78, 5) is 14.3. The number of rotatable bonds is 6. The molecule has 212 valence electrons. The Bertz CT molecular complexity index is 1190. The fourth-order valence-corrected chi connectivity index (χ4v) is 6.07. The second-order valence-electron chi connectivity index (χ2n) is 13.0. The largest absolute Gasteiger partial charge is 0.258 e. The van der Waals surface area contributed by atoms with E-state index in [0.717, 1.165) is 30.8 Å². The molecule has 0 saturated carbocycles. The van der Waals surface area contributed by atoms with Crippen molar-refractivity contribution in [3.8, 4) is 0 Å². The molecule has 0 N–H and O–H groups in total. The van der Waals surface area contributed by atoms with Gasteiger partial charge in [0.15, 0.2) is 0 Å². The monoisotopic (exact) mass is 563 g/mol. The highest BCUT2D eigenvalue weighted by atomic mass is 32.2. The van der Waals surface area contributed by atoms with Gasteiger partial charge in [-0.3, -0.25) is 15.0 Å². The third kappa shape index (κ3) is 9.08. The van der Waals surface area contributed by atoms with E-state index in [4.69, 9.17) is 15.0 Å². The maximum absolute atomic E-state index is 4.79. The Morgan fingerprint density at radius 1 is 0.615 bits per heavy atom. The second kappa shape index (κ2) is 12.8. The average Bonchev–Trinajstić information content (AvgIpc) is 3.45. The van der Waals surface area contributed by atoms with E-state index < -0.39 is 0 Å². The molecule has 3 heterocycles. The Hall–Kier alpha value is -1.85. The molecule has 0 atom stereocenters. The third-order valence-electron chi connectivity index (χ3n) is 7.39. The average molecular weight is 564 g/mol. The highest BCUT2D eigenvalue weighted by Gasteiger charge is 2.28. The van der Waals surface area contributed by atoms with E-state index in [2.05, 4.69) is 101 Å². The fourth-order valence-electron chi connectivity index (χ4n) is 4.58. The summed E-state index contributed by atoms with van der Waals surface area (Å²) in [7, 11) is 0. The van der Waals surface area contributed by atoms with Crippen LogP contribution in [-0.4, -0.2) is 25.9 Å². The molecule has 0 fully saturated rings. The predicted octanol–water partition coefficient (Wildman–Crippen LogP) is 10.4. The zero-order valence-electron chi connectivity index (χ0n) is 26.4. The lowest BCUT2D eigenvalue weighted by atomic mass is 9.98. The number of nitrogens with zero attached hydrogens (tertiary/aromatic N) is 3. The summed E-state index contributed by atoms with van der Waals surface area (Å²) in [5.74, 6) is 2.00.